The molecule has 2 rings (SSSR count). The summed E-state index contributed by atoms with van der Waals surface area (Å²) in [6.07, 6.45) is 7.41. The molecule has 82 valence electrons. The average molecular weight is 278 g/mol. The van der Waals surface area contributed by atoms with Gasteiger partial charge in [0.1, 0.15) is 0 Å². The minimum absolute atomic E-state index is 0. The second kappa shape index (κ2) is 6.08. The number of nitrogens with zero attached hydrogens (tertiary/aromatic N) is 1. The van der Waals surface area contributed by atoms with Crippen molar-refractivity contribution in [3.63, 3.8) is 0 Å². The van der Waals surface area contributed by atoms with E-state index in [0.29, 0.717) is 0 Å². The SMILES string of the molecule is Oc1ccc[n+](C=Cc2ccccc2)c1.[Br-]. The summed E-state index contributed by atoms with van der Waals surface area (Å²) in [5, 5.41) is 9.26. The molecular formula is C13H12BrNO. The molecule has 0 saturated heterocycles. The molecule has 1 N–H and O–H groups in total. The Morgan fingerprint density at radius 2 is 1.75 bits per heavy atom. The Morgan fingerprint density at radius 1 is 1.00 bits per heavy atom. The molecule has 1 aromatic heterocycles. The van der Waals surface area contributed by atoms with Crippen molar-refractivity contribution >= 4 is 12.3 Å². The maximum absolute atomic E-state index is 9.26. The molecular weight excluding hydrogens is 266 g/mol. The number of rotatable bonds is 2. The van der Waals surface area contributed by atoms with Crippen molar-refractivity contribution < 1.29 is 26.7 Å². The number of pyridine rings is 1. The lowest BCUT2D eigenvalue weighted by atomic mass is 10.2. The molecule has 0 aliphatic heterocycles. The van der Waals surface area contributed by atoms with Crippen LogP contribution in [0.5, 0.6) is 5.75 Å². The molecule has 0 atom stereocenters. The van der Waals surface area contributed by atoms with Crippen molar-refractivity contribution in [3.8, 4) is 5.75 Å². The van der Waals surface area contributed by atoms with Crippen LogP contribution in [0.15, 0.2) is 54.9 Å². The lowest BCUT2D eigenvalue weighted by Crippen LogP contribution is -3.00. The maximum Gasteiger partial charge on any atom is 0.216 e. The quantitative estimate of drug-likeness (QED) is 0.723. The summed E-state index contributed by atoms with van der Waals surface area (Å²) < 4.78 is 1.81. The zero-order valence-electron chi connectivity index (χ0n) is 8.62. The molecule has 1 aromatic carbocycles. The zero-order valence-corrected chi connectivity index (χ0v) is 10.2. The van der Waals surface area contributed by atoms with Crippen molar-refractivity contribution in [1.82, 2.24) is 0 Å². The summed E-state index contributed by atoms with van der Waals surface area (Å²) >= 11 is 0. The highest BCUT2D eigenvalue weighted by Gasteiger charge is 1.95. The third-order valence-electron chi connectivity index (χ3n) is 2.05. The third-order valence-corrected chi connectivity index (χ3v) is 2.05. The van der Waals surface area contributed by atoms with Crippen LogP contribution in [0.3, 0.4) is 0 Å². The van der Waals surface area contributed by atoms with Crippen LogP contribution < -0.4 is 21.5 Å². The summed E-state index contributed by atoms with van der Waals surface area (Å²) in [5.41, 5.74) is 1.13. The van der Waals surface area contributed by atoms with Gasteiger partial charge in [-0.15, -0.1) is 0 Å². The molecule has 16 heavy (non-hydrogen) atoms. The highest BCUT2D eigenvalue weighted by molar-refractivity contribution is 5.56. The van der Waals surface area contributed by atoms with E-state index in [0.717, 1.165) is 5.56 Å². The number of aromatic nitrogens is 1. The van der Waals surface area contributed by atoms with Crippen LogP contribution in [0.25, 0.3) is 12.3 Å². The molecule has 2 nitrogen and oxygen atoms in total. The van der Waals surface area contributed by atoms with Crippen molar-refractivity contribution in [3.05, 3.63) is 60.4 Å². The van der Waals surface area contributed by atoms with Gasteiger partial charge in [0.2, 0.25) is 6.20 Å². The van der Waals surface area contributed by atoms with Gasteiger partial charge < -0.3 is 22.1 Å². The van der Waals surface area contributed by atoms with Gasteiger partial charge in [0.05, 0.1) is 0 Å². The summed E-state index contributed by atoms with van der Waals surface area (Å²) in [7, 11) is 0. The van der Waals surface area contributed by atoms with Gasteiger partial charge in [0.25, 0.3) is 0 Å². The summed E-state index contributed by atoms with van der Waals surface area (Å²) in [5.74, 6) is 0.259. The first-order chi connectivity index (χ1) is 7.34. The van der Waals surface area contributed by atoms with E-state index in [9.17, 15) is 5.11 Å². The van der Waals surface area contributed by atoms with Gasteiger partial charge in [-0.2, -0.15) is 4.57 Å². The van der Waals surface area contributed by atoms with Crippen molar-refractivity contribution in [2.24, 2.45) is 0 Å². The van der Waals surface area contributed by atoms with Crippen molar-refractivity contribution in [2.45, 2.75) is 0 Å². The van der Waals surface area contributed by atoms with Gasteiger partial charge in [-0.1, -0.05) is 30.3 Å². The minimum atomic E-state index is 0. The standard InChI is InChI=1S/C13H11NO.BrH/c15-13-7-4-9-14(11-13)10-8-12-5-2-1-3-6-12;/h1-11H;1H. The third kappa shape index (κ3) is 3.51. The molecule has 0 spiro atoms. The normalized spacial score (nSPS) is 10.0. The van der Waals surface area contributed by atoms with E-state index >= 15 is 0 Å². The van der Waals surface area contributed by atoms with Gasteiger partial charge in [-0.05, 0) is 11.6 Å². The van der Waals surface area contributed by atoms with Gasteiger partial charge in [-0.3, -0.25) is 0 Å². The highest BCUT2D eigenvalue weighted by atomic mass is 79.9. The van der Waals surface area contributed by atoms with Gasteiger partial charge in [0.15, 0.2) is 18.1 Å². The van der Waals surface area contributed by atoms with Gasteiger partial charge >= 0.3 is 0 Å². The topological polar surface area (TPSA) is 24.1 Å². The van der Waals surface area contributed by atoms with E-state index in [1.54, 1.807) is 18.3 Å². The number of hydrogen-bond donors (Lipinski definition) is 1. The number of aromatic hydroxyl groups is 1. The monoisotopic (exact) mass is 277 g/mol. The first-order valence-corrected chi connectivity index (χ1v) is 4.77. The molecule has 0 aliphatic rings. The van der Waals surface area contributed by atoms with Crippen LogP contribution >= 0.6 is 0 Å². The fourth-order valence-electron chi connectivity index (χ4n) is 1.31. The molecule has 0 saturated carbocycles. The molecule has 2 aromatic rings. The first kappa shape index (κ1) is 12.5. The maximum atomic E-state index is 9.26. The average Bonchev–Trinajstić information content (AvgIpc) is 2.28. The van der Waals surface area contributed by atoms with Crippen molar-refractivity contribution in [1.29, 1.82) is 0 Å². The molecule has 0 amide bonds. The van der Waals surface area contributed by atoms with E-state index in [4.69, 9.17) is 0 Å². The van der Waals surface area contributed by atoms with Gasteiger partial charge in [0, 0.05) is 12.1 Å². The summed E-state index contributed by atoms with van der Waals surface area (Å²) in [4.78, 5) is 0. The Balaban J connectivity index is 0.00000128. The van der Waals surface area contributed by atoms with Crippen LogP contribution in [-0.2, 0) is 0 Å². The molecule has 1 heterocycles. The Morgan fingerprint density at radius 3 is 2.44 bits per heavy atom. The molecule has 0 fully saturated rings. The molecule has 3 heteroatoms. The van der Waals surface area contributed by atoms with Crippen LogP contribution in [0.1, 0.15) is 5.56 Å². The number of halogens is 1. The fourth-order valence-corrected chi connectivity index (χ4v) is 1.31. The lowest BCUT2D eigenvalue weighted by molar-refractivity contribution is -0.567. The molecule has 0 unspecified atom stereocenters. The predicted molar refractivity (Wildman–Crippen MR) is 60.0 cm³/mol. The smallest absolute Gasteiger partial charge is 0.216 e. The largest absolute Gasteiger partial charge is 1.00 e. The summed E-state index contributed by atoms with van der Waals surface area (Å²) in [6.45, 7) is 0. The van der Waals surface area contributed by atoms with Crippen LogP contribution in [0.2, 0.25) is 0 Å². The van der Waals surface area contributed by atoms with E-state index < -0.39 is 0 Å². The fraction of sp³-hybridized carbons (Fsp3) is 0. The Kier molecular flexibility index (Phi) is 4.73. The van der Waals surface area contributed by atoms with Crippen LogP contribution in [0.4, 0.5) is 0 Å². The molecule has 0 bridgehead atoms. The Labute approximate surface area is 105 Å². The molecule has 0 radical (unpaired) electrons. The Bertz CT molecular complexity index is 468. The minimum Gasteiger partial charge on any atom is -1.00 e. The second-order valence-electron chi connectivity index (χ2n) is 3.24. The zero-order chi connectivity index (χ0) is 10.5. The second-order valence-corrected chi connectivity index (χ2v) is 3.24. The van der Waals surface area contributed by atoms with E-state index in [-0.39, 0.29) is 22.7 Å². The number of hydrogen-bond acceptors (Lipinski definition) is 1. The lowest BCUT2D eigenvalue weighted by Gasteiger charge is -1.90. The predicted octanol–water partition coefficient (Wildman–Crippen LogP) is -0.688. The summed E-state index contributed by atoms with van der Waals surface area (Å²) in [6, 6.07) is 13.5. The van der Waals surface area contributed by atoms with Gasteiger partial charge in [-0.25, -0.2) is 0 Å². The van der Waals surface area contributed by atoms with E-state index in [2.05, 4.69) is 0 Å². The number of benzene rings is 1. The Hall–Kier alpha value is -1.61. The first-order valence-electron chi connectivity index (χ1n) is 4.77. The van der Waals surface area contributed by atoms with Crippen LogP contribution in [-0.4, -0.2) is 5.11 Å². The van der Waals surface area contributed by atoms with Crippen LogP contribution in [0, 0.1) is 0 Å². The van der Waals surface area contributed by atoms with E-state index in [1.807, 2.05) is 53.4 Å². The highest BCUT2D eigenvalue weighted by Crippen LogP contribution is 2.02. The molecule has 0 aliphatic carbocycles. The van der Waals surface area contributed by atoms with Crippen molar-refractivity contribution in [2.75, 3.05) is 0 Å². The van der Waals surface area contributed by atoms with E-state index in [1.165, 1.54) is 0 Å².